The van der Waals surface area contributed by atoms with Crippen molar-refractivity contribution in [1.29, 1.82) is 0 Å². The Bertz CT molecular complexity index is 862. The van der Waals surface area contributed by atoms with Crippen molar-refractivity contribution in [3.63, 3.8) is 0 Å². The smallest absolute Gasteiger partial charge is 0.334 e. The Hall–Kier alpha value is -2.85. The van der Waals surface area contributed by atoms with E-state index in [0.29, 0.717) is 10.7 Å². The summed E-state index contributed by atoms with van der Waals surface area (Å²) >= 11 is 5.86. The molecule has 0 fully saturated rings. The van der Waals surface area contributed by atoms with Crippen molar-refractivity contribution in [2.24, 2.45) is 5.92 Å². The molecule has 1 aromatic carbocycles. The lowest BCUT2D eigenvalue weighted by Gasteiger charge is -2.22. The molecule has 8 heteroatoms. The lowest BCUT2D eigenvalue weighted by molar-refractivity contribution is -0.149. The fourth-order valence-electron chi connectivity index (χ4n) is 2.29. The first-order valence-electron chi connectivity index (χ1n) is 7.94. The van der Waals surface area contributed by atoms with E-state index in [2.05, 4.69) is 11.2 Å². The van der Waals surface area contributed by atoms with Gasteiger partial charge in [0, 0.05) is 10.7 Å². The summed E-state index contributed by atoms with van der Waals surface area (Å²) in [6, 6.07) is 6.28. The maximum atomic E-state index is 12.4. The number of aromatic hydroxyl groups is 1. The van der Waals surface area contributed by atoms with Gasteiger partial charge in [-0.2, -0.15) is 0 Å². The van der Waals surface area contributed by atoms with Crippen LogP contribution in [0.15, 0.2) is 35.3 Å². The summed E-state index contributed by atoms with van der Waals surface area (Å²) < 4.78 is 7.28. The molecule has 0 aliphatic heterocycles. The van der Waals surface area contributed by atoms with E-state index in [1.807, 2.05) is 13.8 Å². The van der Waals surface area contributed by atoms with Gasteiger partial charge in [0.25, 0.3) is 0 Å². The Morgan fingerprint density at radius 2 is 2.04 bits per heavy atom. The third-order valence-electron chi connectivity index (χ3n) is 3.71. The summed E-state index contributed by atoms with van der Waals surface area (Å²) in [5.41, 5.74) is 0.158. The van der Waals surface area contributed by atoms with Crippen LogP contribution in [0.3, 0.4) is 0 Å². The first kappa shape index (κ1) is 19.5. The van der Waals surface area contributed by atoms with Crippen LogP contribution >= 0.6 is 11.6 Å². The molecule has 7 nitrogen and oxygen atoms in total. The monoisotopic (exact) mass is 377 g/mol. The molecule has 0 radical (unpaired) electrons. The number of rotatable bonds is 7. The lowest BCUT2D eigenvalue weighted by atomic mass is 10.0. The number of imidazole rings is 1. The molecular weight excluding hydrogens is 358 g/mol. The van der Waals surface area contributed by atoms with Gasteiger partial charge < -0.3 is 15.2 Å². The second kappa shape index (κ2) is 8.50. The van der Waals surface area contributed by atoms with Crippen LogP contribution in [0.2, 0.25) is 5.02 Å². The first-order valence-corrected chi connectivity index (χ1v) is 8.32. The van der Waals surface area contributed by atoms with Gasteiger partial charge in [-0.15, -0.1) is 6.42 Å². The Morgan fingerprint density at radius 1 is 1.38 bits per heavy atom. The number of carbonyl (C=O) groups is 1. The van der Waals surface area contributed by atoms with Crippen LogP contribution in [0.5, 0.6) is 5.88 Å². The Morgan fingerprint density at radius 3 is 2.62 bits per heavy atom. The molecule has 2 aromatic rings. The van der Waals surface area contributed by atoms with Crippen LogP contribution in [0, 0.1) is 18.3 Å². The number of hydrogen-bond donors (Lipinski definition) is 2. The van der Waals surface area contributed by atoms with Crippen LogP contribution in [0.4, 0.5) is 5.69 Å². The van der Waals surface area contributed by atoms with E-state index in [0.717, 1.165) is 9.13 Å². The molecule has 2 rings (SSSR count). The quantitative estimate of drug-likeness (QED) is 0.571. The van der Waals surface area contributed by atoms with Gasteiger partial charge in [0.15, 0.2) is 6.73 Å². The summed E-state index contributed by atoms with van der Waals surface area (Å²) in [6.45, 7) is 3.33. The van der Waals surface area contributed by atoms with Crippen molar-refractivity contribution in [1.82, 2.24) is 9.13 Å². The first-order chi connectivity index (χ1) is 12.3. The zero-order valence-electron chi connectivity index (χ0n) is 14.5. The number of anilines is 1. The van der Waals surface area contributed by atoms with Crippen molar-refractivity contribution in [3.8, 4) is 18.2 Å². The number of carbonyl (C=O) groups excluding carboxylic acids is 1. The summed E-state index contributed by atoms with van der Waals surface area (Å²) in [4.78, 5) is 24.5. The van der Waals surface area contributed by atoms with E-state index >= 15 is 0 Å². The normalized spacial score (nSPS) is 11.8. The highest BCUT2D eigenvalue weighted by molar-refractivity contribution is 6.30. The molecule has 0 aliphatic carbocycles. The number of nitrogens with one attached hydrogen (secondary N) is 1. The highest BCUT2D eigenvalue weighted by Crippen LogP contribution is 2.17. The molecule has 26 heavy (non-hydrogen) atoms. The number of terminal acetylenes is 1. The maximum Gasteiger partial charge on any atom is 0.334 e. The van der Waals surface area contributed by atoms with E-state index in [1.165, 1.54) is 6.20 Å². The minimum atomic E-state index is -0.637. The largest absolute Gasteiger partial charge is 0.493 e. The third-order valence-corrected chi connectivity index (χ3v) is 3.96. The lowest BCUT2D eigenvalue weighted by Crippen LogP contribution is -2.37. The van der Waals surface area contributed by atoms with Gasteiger partial charge in [0.05, 0.1) is 12.7 Å². The molecule has 0 saturated carbocycles. The Kier molecular flexibility index (Phi) is 6.36. The molecule has 0 bridgehead atoms. The second-order valence-electron chi connectivity index (χ2n) is 6.00. The molecule has 138 valence electrons. The minimum Gasteiger partial charge on any atom is -0.493 e. The van der Waals surface area contributed by atoms with Crippen molar-refractivity contribution in [2.75, 3.05) is 5.32 Å². The predicted octanol–water partition coefficient (Wildman–Crippen LogP) is 2.28. The number of aromatic nitrogens is 2. The third kappa shape index (κ3) is 4.61. The van der Waals surface area contributed by atoms with Gasteiger partial charge in [0.1, 0.15) is 6.04 Å². The summed E-state index contributed by atoms with van der Waals surface area (Å²) in [5, 5.41) is 13.5. The molecule has 0 aliphatic rings. The molecule has 0 saturated heterocycles. The predicted molar refractivity (Wildman–Crippen MR) is 99.0 cm³/mol. The molecule has 1 atom stereocenters. The van der Waals surface area contributed by atoms with Gasteiger partial charge >= 0.3 is 11.7 Å². The van der Waals surface area contributed by atoms with Gasteiger partial charge in [-0.3, -0.25) is 4.57 Å². The van der Waals surface area contributed by atoms with Crippen LogP contribution in [0.25, 0.3) is 0 Å². The second-order valence-corrected chi connectivity index (χ2v) is 6.43. The van der Waals surface area contributed by atoms with Gasteiger partial charge in [-0.25, -0.2) is 14.2 Å². The molecule has 1 aromatic heterocycles. The average Bonchev–Trinajstić information content (AvgIpc) is 2.86. The standard InChI is InChI=1S/C18H20ClN3O4/c1-4-9-21-10-15(23)22(18(21)25)11-26-17(24)16(12(2)3)20-14-7-5-13(19)6-8-14/h1,5-8,10,12,16,20,23H,9,11H2,2-3H3. The summed E-state index contributed by atoms with van der Waals surface area (Å²) in [7, 11) is 0. The van der Waals surface area contributed by atoms with E-state index in [-0.39, 0.29) is 18.3 Å². The SMILES string of the molecule is C#CCn1cc(O)n(COC(=O)C(Nc2ccc(Cl)cc2)C(C)C)c1=O. The van der Waals surface area contributed by atoms with Crippen molar-refractivity contribution >= 4 is 23.3 Å². The van der Waals surface area contributed by atoms with Crippen LogP contribution < -0.4 is 11.0 Å². The number of halogens is 1. The highest BCUT2D eigenvalue weighted by atomic mass is 35.5. The van der Waals surface area contributed by atoms with E-state index in [4.69, 9.17) is 22.8 Å². The number of esters is 1. The number of ether oxygens (including phenoxy) is 1. The van der Waals surface area contributed by atoms with E-state index in [9.17, 15) is 14.7 Å². The minimum absolute atomic E-state index is 0.0140. The maximum absolute atomic E-state index is 12.4. The highest BCUT2D eigenvalue weighted by Gasteiger charge is 2.24. The van der Waals surface area contributed by atoms with Crippen LogP contribution in [-0.2, 0) is 22.8 Å². The Balaban J connectivity index is 2.08. The molecular formula is C18H20ClN3O4. The van der Waals surface area contributed by atoms with Crippen LogP contribution in [0.1, 0.15) is 13.8 Å². The zero-order valence-corrected chi connectivity index (χ0v) is 15.2. The van der Waals surface area contributed by atoms with Crippen LogP contribution in [-0.4, -0.2) is 26.3 Å². The van der Waals surface area contributed by atoms with Gasteiger partial charge in [0.2, 0.25) is 5.88 Å². The Labute approximate surface area is 156 Å². The van der Waals surface area contributed by atoms with Gasteiger partial charge in [-0.05, 0) is 30.2 Å². The molecule has 1 unspecified atom stereocenters. The fraction of sp³-hybridized carbons (Fsp3) is 0.333. The summed E-state index contributed by atoms with van der Waals surface area (Å²) in [6.07, 6.45) is 6.36. The van der Waals surface area contributed by atoms with E-state index in [1.54, 1.807) is 24.3 Å². The molecule has 2 N–H and O–H groups in total. The van der Waals surface area contributed by atoms with Crippen molar-refractivity contribution in [3.05, 3.63) is 46.0 Å². The van der Waals surface area contributed by atoms with Crippen molar-refractivity contribution < 1.29 is 14.6 Å². The summed E-state index contributed by atoms with van der Waals surface area (Å²) in [5.74, 6) is 1.35. The number of nitrogens with zero attached hydrogens (tertiary/aromatic N) is 2. The topological polar surface area (TPSA) is 85.5 Å². The van der Waals surface area contributed by atoms with Crippen molar-refractivity contribution in [2.45, 2.75) is 33.2 Å². The average molecular weight is 378 g/mol. The van der Waals surface area contributed by atoms with Gasteiger partial charge in [-0.1, -0.05) is 31.4 Å². The molecule has 0 spiro atoms. The molecule has 1 heterocycles. The molecule has 0 amide bonds. The van der Waals surface area contributed by atoms with E-state index < -0.39 is 24.4 Å². The fourth-order valence-corrected chi connectivity index (χ4v) is 2.42. The zero-order chi connectivity index (χ0) is 19.3. The number of hydrogen-bond acceptors (Lipinski definition) is 5. The number of benzene rings is 1.